The van der Waals surface area contributed by atoms with Crippen LogP contribution in [-0.4, -0.2) is 12.1 Å². The van der Waals surface area contributed by atoms with E-state index in [0.29, 0.717) is 15.7 Å². The van der Waals surface area contributed by atoms with E-state index in [1.54, 1.807) is 18.2 Å². The molecule has 0 atom stereocenters. The monoisotopic (exact) mass is 274 g/mol. The Morgan fingerprint density at radius 1 is 1.24 bits per heavy atom. The second kappa shape index (κ2) is 6.72. The number of nitrogens with one attached hydrogen (secondary N) is 2. The highest BCUT2D eigenvalue weighted by molar-refractivity contribution is 6.42. The molecular formula is C12H16Cl2N2O. The number of carbonyl (C=O) groups excluding carboxylic acids is 1. The minimum absolute atomic E-state index is 0.192. The van der Waals surface area contributed by atoms with Crippen LogP contribution in [0, 0.1) is 0 Å². The molecule has 0 bridgehead atoms. The predicted molar refractivity (Wildman–Crippen MR) is 73.0 cm³/mol. The van der Waals surface area contributed by atoms with E-state index in [1.165, 1.54) is 0 Å². The highest BCUT2D eigenvalue weighted by Gasteiger charge is 2.08. The number of rotatable bonds is 4. The average molecular weight is 275 g/mol. The molecule has 0 aliphatic carbocycles. The topological polar surface area (TPSA) is 41.1 Å². The van der Waals surface area contributed by atoms with Crippen molar-refractivity contribution >= 4 is 34.9 Å². The minimum atomic E-state index is -0.225. The molecule has 2 amide bonds. The normalized spacial score (nSPS) is 10.4. The van der Waals surface area contributed by atoms with E-state index in [9.17, 15) is 4.79 Å². The van der Waals surface area contributed by atoms with Crippen LogP contribution in [0.1, 0.15) is 26.7 Å². The first-order valence-corrected chi connectivity index (χ1v) is 6.35. The van der Waals surface area contributed by atoms with Gasteiger partial charge < -0.3 is 10.6 Å². The Labute approximate surface area is 111 Å². The Hall–Kier alpha value is -0.930. The molecule has 2 N–H and O–H groups in total. The first kappa shape index (κ1) is 14.1. The van der Waals surface area contributed by atoms with Gasteiger partial charge in [-0.1, -0.05) is 37.0 Å². The van der Waals surface area contributed by atoms with Crippen LogP contribution in [0.5, 0.6) is 0 Å². The van der Waals surface area contributed by atoms with Crippen LogP contribution in [0.15, 0.2) is 18.2 Å². The number of benzene rings is 1. The van der Waals surface area contributed by atoms with E-state index < -0.39 is 0 Å². The smallest absolute Gasteiger partial charge is 0.319 e. The van der Waals surface area contributed by atoms with Crippen LogP contribution in [0.25, 0.3) is 0 Å². The number of anilines is 1. The summed E-state index contributed by atoms with van der Waals surface area (Å²) >= 11 is 11.6. The van der Waals surface area contributed by atoms with E-state index in [4.69, 9.17) is 23.2 Å². The summed E-state index contributed by atoms with van der Waals surface area (Å²) in [5.41, 5.74) is 0.628. The maximum absolute atomic E-state index is 11.6. The molecule has 0 saturated heterocycles. The van der Waals surface area contributed by atoms with E-state index in [0.717, 1.165) is 12.8 Å². The summed E-state index contributed by atoms with van der Waals surface area (Å²) in [5.74, 6) is 0. The molecule has 0 saturated carbocycles. The van der Waals surface area contributed by atoms with Crippen LogP contribution in [0.2, 0.25) is 10.0 Å². The van der Waals surface area contributed by atoms with Crippen LogP contribution >= 0.6 is 23.2 Å². The van der Waals surface area contributed by atoms with E-state index in [2.05, 4.69) is 10.6 Å². The molecule has 0 heterocycles. The number of urea groups is 1. The zero-order valence-electron chi connectivity index (χ0n) is 9.89. The van der Waals surface area contributed by atoms with Gasteiger partial charge in [0.05, 0.1) is 10.0 Å². The summed E-state index contributed by atoms with van der Waals surface area (Å²) in [6, 6.07) is 4.95. The lowest BCUT2D eigenvalue weighted by molar-refractivity contribution is 0.247. The summed E-state index contributed by atoms with van der Waals surface area (Å²) in [7, 11) is 0. The Kier molecular flexibility index (Phi) is 5.59. The molecule has 1 aromatic rings. The third-order valence-electron chi connectivity index (χ3n) is 2.50. The SMILES string of the molecule is CCC(CC)NC(=O)Nc1ccc(Cl)c(Cl)c1. The number of halogens is 2. The molecule has 0 radical (unpaired) electrons. The van der Waals surface area contributed by atoms with E-state index in [-0.39, 0.29) is 12.1 Å². The molecule has 0 spiro atoms. The highest BCUT2D eigenvalue weighted by atomic mass is 35.5. The Bertz CT molecular complexity index is 392. The summed E-state index contributed by atoms with van der Waals surface area (Å²) in [6.07, 6.45) is 1.82. The predicted octanol–water partition coefficient (Wildman–Crippen LogP) is 4.30. The first-order chi connectivity index (χ1) is 8.06. The fraction of sp³-hybridized carbons (Fsp3) is 0.417. The van der Waals surface area contributed by atoms with Gasteiger partial charge in [-0.3, -0.25) is 0 Å². The van der Waals surface area contributed by atoms with Gasteiger partial charge in [-0.25, -0.2) is 4.79 Å². The Balaban J connectivity index is 2.58. The highest BCUT2D eigenvalue weighted by Crippen LogP contribution is 2.24. The van der Waals surface area contributed by atoms with Crippen molar-refractivity contribution < 1.29 is 4.79 Å². The minimum Gasteiger partial charge on any atom is -0.335 e. The lowest BCUT2D eigenvalue weighted by Crippen LogP contribution is -2.37. The van der Waals surface area contributed by atoms with Crippen LogP contribution in [-0.2, 0) is 0 Å². The van der Waals surface area contributed by atoms with Crippen molar-refractivity contribution in [3.8, 4) is 0 Å². The Morgan fingerprint density at radius 3 is 2.41 bits per heavy atom. The summed E-state index contributed by atoms with van der Waals surface area (Å²) in [5, 5.41) is 6.48. The van der Waals surface area contributed by atoms with Crippen molar-refractivity contribution in [2.24, 2.45) is 0 Å². The van der Waals surface area contributed by atoms with Crippen LogP contribution < -0.4 is 10.6 Å². The van der Waals surface area contributed by atoms with Crippen molar-refractivity contribution in [2.45, 2.75) is 32.7 Å². The fourth-order valence-electron chi connectivity index (χ4n) is 1.42. The van der Waals surface area contributed by atoms with Gasteiger partial charge in [0.25, 0.3) is 0 Å². The molecule has 17 heavy (non-hydrogen) atoms. The zero-order chi connectivity index (χ0) is 12.8. The van der Waals surface area contributed by atoms with Crippen molar-refractivity contribution in [3.05, 3.63) is 28.2 Å². The lowest BCUT2D eigenvalue weighted by atomic mass is 10.2. The maximum atomic E-state index is 11.6. The summed E-state index contributed by atoms with van der Waals surface area (Å²) < 4.78 is 0. The maximum Gasteiger partial charge on any atom is 0.319 e. The van der Waals surface area contributed by atoms with Crippen molar-refractivity contribution in [3.63, 3.8) is 0 Å². The van der Waals surface area contributed by atoms with Gasteiger partial charge in [0.15, 0.2) is 0 Å². The number of hydrogen-bond acceptors (Lipinski definition) is 1. The van der Waals surface area contributed by atoms with E-state index in [1.807, 2.05) is 13.8 Å². The second-order valence-electron chi connectivity index (χ2n) is 3.74. The zero-order valence-corrected chi connectivity index (χ0v) is 11.4. The van der Waals surface area contributed by atoms with Gasteiger partial charge >= 0.3 is 6.03 Å². The van der Waals surface area contributed by atoms with Crippen LogP contribution in [0.3, 0.4) is 0 Å². The van der Waals surface area contributed by atoms with Crippen molar-refractivity contribution in [1.29, 1.82) is 0 Å². The molecule has 1 aromatic carbocycles. The molecule has 5 heteroatoms. The number of amides is 2. The second-order valence-corrected chi connectivity index (χ2v) is 4.56. The molecule has 94 valence electrons. The van der Waals surface area contributed by atoms with Gasteiger partial charge in [-0.2, -0.15) is 0 Å². The largest absolute Gasteiger partial charge is 0.335 e. The van der Waals surface area contributed by atoms with Gasteiger partial charge in [0, 0.05) is 11.7 Å². The van der Waals surface area contributed by atoms with Gasteiger partial charge in [-0.15, -0.1) is 0 Å². The van der Waals surface area contributed by atoms with Crippen LogP contribution in [0.4, 0.5) is 10.5 Å². The quantitative estimate of drug-likeness (QED) is 0.844. The fourth-order valence-corrected chi connectivity index (χ4v) is 1.72. The lowest BCUT2D eigenvalue weighted by Gasteiger charge is -2.15. The number of hydrogen-bond donors (Lipinski definition) is 2. The van der Waals surface area contributed by atoms with Gasteiger partial charge in [-0.05, 0) is 31.0 Å². The molecule has 1 rings (SSSR count). The molecular weight excluding hydrogens is 259 g/mol. The van der Waals surface area contributed by atoms with Gasteiger partial charge in [0.1, 0.15) is 0 Å². The summed E-state index contributed by atoms with van der Waals surface area (Å²) in [4.78, 5) is 11.6. The number of carbonyl (C=O) groups is 1. The molecule has 0 aromatic heterocycles. The standard InChI is InChI=1S/C12H16Cl2N2O/c1-3-8(4-2)15-12(17)16-9-5-6-10(13)11(14)7-9/h5-8H,3-4H2,1-2H3,(H2,15,16,17). The molecule has 0 aliphatic rings. The molecule has 0 fully saturated rings. The average Bonchev–Trinajstić information content (AvgIpc) is 2.31. The molecule has 3 nitrogen and oxygen atoms in total. The molecule has 0 aliphatic heterocycles. The van der Waals surface area contributed by atoms with Crippen molar-refractivity contribution in [1.82, 2.24) is 5.32 Å². The third kappa shape index (κ3) is 4.44. The van der Waals surface area contributed by atoms with Gasteiger partial charge in [0.2, 0.25) is 0 Å². The third-order valence-corrected chi connectivity index (χ3v) is 3.24. The van der Waals surface area contributed by atoms with E-state index >= 15 is 0 Å². The van der Waals surface area contributed by atoms with Crippen molar-refractivity contribution in [2.75, 3.05) is 5.32 Å². The Morgan fingerprint density at radius 2 is 1.88 bits per heavy atom. The summed E-state index contributed by atoms with van der Waals surface area (Å²) in [6.45, 7) is 4.07. The molecule has 0 unspecified atom stereocenters. The first-order valence-electron chi connectivity index (χ1n) is 5.59.